The Bertz CT molecular complexity index is 889. The largest absolute Gasteiger partial charge is 0.487 e. The summed E-state index contributed by atoms with van der Waals surface area (Å²) in [5.41, 5.74) is 0.858. The number of hydrogen-bond donors (Lipinski definition) is 1. The van der Waals surface area contributed by atoms with Crippen molar-refractivity contribution >= 4 is 21.7 Å². The molecule has 29 heavy (non-hydrogen) atoms. The topological polar surface area (TPSA) is 81.7 Å². The normalized spacial score (nSPS) is 11.7. The van der Waals surface area contributed by atoms with Crippen molar-refractivity contribution in [1.82, 2.24) is 0 Å². The van der Waals surface area contributed by atoms with Crippen molar-refractivity contribution in [2.24, 2.45) is 0 Å². The van der Waals surface area contributed by atoms with Gasteiger partial charge < -0.3 is 9.47 Å². The molecule has 2 aromatic rings. The second kappa shape index (κ2) is 10.3. The Morgan fingerprint density at radius 2 is 1.62 bits per heavy atom. The molecule has 0 heterocycles. The van der Waals surface area contributed by atoms with E-state index in [1.807, 2.05) is 30.3 Å². The highest BCUT2D eigenvalue weighted by Crippen LogP contribution is 2.26. The maximum absolute atomic E-state index is 12.4. The average molecular weight is 420 g/mol. The maximum Gasteiger partial charge on any atom is 0.306 e. The van der Waals surface area contributed by atoms with E-state index in [-0.39, 0.29) is 18.1 Å². The lowest BCUT2D eigenvalue weighted by Gasteiger charge is -2.19. The first-order valence-corrected chi connectivity index (χ1v) is 11.3. The number of sulfonamides is 1. The number of carbonyl (C=O) groups excluding carboxylic acids is 1. The van der Waals surface area contributed by atoms with Gasteiger partial charge in [-0.25, -0.2) is 8.42 Å². The Morgan fingerprint density at radius 3 is 2.31 bits per heavy atom. The van der Waals surface area contributed by atoms with Crippen LogP contribution < -0.4 is 9.46 Å². The van der Waals surface area contributed by atoms with Crippen molar-refractivity contribution in [2.75, 3.05) is 10.5 Å². The van der Waals surface area contributed by atoms with Crippen LogP contribution in [0.2, 0.25) is 0 Å². The molecule has 0 aliphatic rings. The molecule has 0 atom stereocenters. The third-order valence-corrected chi connectivity index (χ3v) is 5.21. The number of hydrogen-bond acceptors (Lipinski definition) is 5. The van der Waals surface area contributed by atoms with E-state index in [2.05, 4.69) is 4.72 Å². The Labute approximate surface area is 173 Å². The Morgan fingerprint density at radius 1 is 0.966 bits per heavy atom. The number of unbranched alkanes of at least 4 members (excludes halogenated alkanes) is 1. The lowest BCUT2D eigenvalue weighted by atomic mass is 10.2. The van der Waals surface area contributed by atoms with Gasteiger partial charge in [-0.2, -0.15) is 0 Å². The van der Waals surface area contributed by atoms with Gasteiger partial charge in [0.05, 0.1) is 11.4 Å². The monoisotopic (exact) mass is 419 g/mol. The van der Waals surface area contributed by atoms with Crippen molar-refractivity contribution < 1.29 is 22.7 Å². The summed E-state index contributed by atoms with van der Waals surface area (Å²) in [6.07, 6.45) is 1.01. The predicted octanol–water partition coefficient (Wildman–Crippen LogP) is 4.52. The van der Waals surface area contributed by atoms with Gasteiger partial charge in [-0.3, -0.25) is 9.52 Å². The molecule has 0 spiro atoms. The molecule has 0 amide bonds. The fourth-order valence-corrected chi connectivity index (χ4v) is 3.77. The van der Waals surface area contributed by atoms with Gasteiger partial charge in [0.2, 0.25) is 10.0 Å². The molecule has 0 saturated heterocycles. The number of anilines is 1. The van der Waals surface area contributed by atoms with Gasteiger partial charge >= 0.3 is 5.97 Å². The maximum atomic E-state index is 12.4. The van der Waals surface area contributed by atoms with Gasteiger partial charge in [0.15, 0.2) is 0 Å². The second-order valence-electron chi connectivity index (χ2n) is 7.73. The molecule has 0 aliphatic heterocycles. The van der Waals surface area contributed by atoms with E-state index in [1.54, 1.807) is 45.0 Å². The summed E-state index contributed by atoms with van der Waals surface area (Å²) in [7, 11) is -3.56. The first kappa shape index (κ1) is 22.7. The van der Waals surface area contributed by atoms with Crippen LogP contribution in [0.4, 0.5) is 5.69 Å². The molecule has 158 valence electrons. The molecule has 0 aromatic heterocycles. The first-order valence-electron chi connectivity index (χ1n) is 9.63. The van der Waals surface area contributed by atoms with Crippen molar-refractivity contribution in [2.45, 2.75) is 52.2 Å². The van der Waals surface area contributed by atoms with E-state index in [4.69, 9.17) is 9.47 Å². The minimum absolute atomic E-state index is 0.0805. The number of carbonyl (C=O) groups is 1. The van der Waals surface area contributed by atoms with Crippen LogP contribution in [0.3, 0.4) is 0 Å². The van der Waals surface area contributed by atoms with Gasteiger partial charge in [-0.05, 0) is 51.3 Å². The molecule has 0 fully saturated rings. The number of rotatable bonds is 10. The van der Waals surface area contributed by atoms with Gasteiger partial charge in [0.25, 0.3) is 0 Å². The second-order valence-corrected chi connectivity index (χ2v) is 9.58. The van der Waals surface area contributed by atoms with Crippen molar-refractivity contribution in [3.05, 3.63) is 60.2 Å². The molecular formula is C22H29NO5S. The van der Waals surface area contributed by atoms with Gasteiger partial charge in [-0.15, -0.1) is 0 Å². The molecule has 2 aromatic carbocycles. The molecule has 0 aliphatic carbocycles. The number of nitrogens with one attached hydrogen (secondary N) is 1. The average Bonchev–Trinajstić information content (AvgIpc) is 2.64. The molecule has 0 unspecified atom stereocenters. The summed E-state index contributed by atoms with van der Waals surface area (Å²) >= 11 is 0. The van der Waals surface area contributed by atoms with Crippen LogP contribution in [-0.4, -0.2) is 25.7 Å². The van der Waals surface area contributed by atoms with Crippen LogP contribution in [0.5, 0.6) is 5.75 Å². The van der Waals surface area contributed by atoms with Gasteiger partial charge in [0.1, 0.15) is 18.0 Å². The van der Waals surface area contributed by atoms with Crippen molar-refractivity contribution in [3.8, 4) is 5.75 Å². The molecule has 7 heteroatoms. The molecule has 0 bridgehead atoms. The zero-order chi connectivity index (χ0) is 21.3. The third-order valence-electron chi connectivity index (χ3n) is 3.85. The SMILES string of the molecule is CC(C)(C)OC(=O)CCCCS(=O)(=O)Nc1ccccc1OCc1ccccc1. The highest BCUT2D eigenvalue weighted by Gasteiger charge is 2.17. The van der Waals surface area contributed by atoms with Crippen molar-refractivity contribution in [3.63, 3.8) is 0 Å². The Kier molecular flexibility index (Phi) is 8.08. The van der Waals surface area contributed by atoms with Crippen LogP contribution in [-0.2, 0) is 26.2 Å². The van der Waals surface area contributed by atoms with Crippen LogP contribution >= 0.6 is 0 Å². The quantitative estimate of drug-likeness (QED) is 0.452. The Hall–Kier alpha value is -2.54. The number of esters is 1. The third kappa shape index (κ3) is 9.00. The zero-order valence-electron chi connectivity index (χ0n) is 17.2. The van der Waals surface area contributed by atoms with E-state index in [9.17, 15) is 13.2 Å². The number of benzene rings is 2. The van der Waals surface area contributed by atoms with E-state index in [0.29, 0.717) is 30.9 Å². The minimum Gasteiger partial charge on any atom is -0.487 e. The first-order chi connectivity index (χ1) is 13.6. The fourth-order valence-electron chi connectivity index (χ4n) is 2.58. The molecule has 0 radical (unpaired) electrons. The number of para-hydroxylation sites is 2. The molecule has 0 saturated carbocycles. The summed E-state index contributed by atoms with van der Waals surface area (Å²) in [5, 5.41) is 0. The number of ether oxygens (including phenoxy) is 2. The molecular weight excluding hydrogens is 390 g/mol. The van der Waals surface area contributed by atoms with E-state index >= 15 is 0 Å². The van der Waals surface area contributed by atoms with Crippen molar-refractivity contribution in [1.29, 1.82) is 0 Å². The predicted molar refractivity (Wildman–Crippen MR) is 114 cm³/mol. The van der Waals surface area contributed by atoms with Gasteiger partial charge in [0, 0.05) is 6.42 Å². The zero-order valence-corrected chi connectivity index (χ0v) is 18.0. The highest BCUT2D eigenvalue weighted by atomic mass is 32.2. The fraction of sp³-hybridized carbons (Fsp3) is 0.409. The van der Waals surface area contributed by atoms with E-state index in [1.165, 1.54) is 0 Å². The van der Waals surface area contributed by atoms with Crippen LogP contribution in [0.1, 0.15) is 45.6 Å². The highest BCUT2D eigenvalue weighted by molar-refractivity contribution is 7.92. The molecule has 2 rings (SSSR count). The van der Waals surface area contributed by atoms with Crippen LogP contribution in [0.25, 0.3) is 0 Å². The van der Waals surface area contributed by atoms with Gasteiger partial charge in [-0.1, -0.05) is 42.5 Å². The lowest BCUT2D eigenvalue weighted by molar-refractivity contribution is -0.154. The summed E-state index contributed by atoms with van der Waals surface area (Å²) in [6, 6.07) is 16.6. The molecule has 1 N–H and O–H groups in total. The summed E-state index contributed by atoms with van der Waals surface area (Å²) in [6.45, 7) is 5.75. The smallest absolute Gasteiger partial charge is 0.306 e. The summed E-state index contributed by atoms with van der Waals surface area (Å²) < 4.78 is 38.4. The van der Waals surface area contributed by atoms with E-state index in [0.717, 1.165) is 5.56 Å². The minimum atomic E-state index is -3.56. The standard InChI is InChI=1S/C22H29NO5S/c1-22(2,3)28-21(24)15-9-10-16-29(25,26)23-19-13-7-8-14-20(19)27-17-18-11-5-4-6-12-18/h4-8,11-14,23H,9-10,15-17H2,1-3H3. The Balaban J connectivity index is 1.86. The van der Waals surface area contributed by atoms with Crippen LogP contribution in [0, 0.1) is 0 Å². The van der Waals surface area contributed by atoms with Crippen LogP contribution in [0.15, 0.2) is 54.6 Å². The lowest BCUT2D eigenvalue weighted by Crippen LogP contribution is -2.24. The summed E-state index contributed by atoms with van der Waals surface area (Å²) in [4.78, 5) is 11.7. The molecule has 6 nitrogen and oxygen atoms in total. The van der Waals surface area contributed by atoms with E-state index < -0.39 is 15.6 Å². The summed E-state index contributed by atoms with van der Waals surface area (Å²) in [5.74, 6) is 0.0687.